The lowest BCUT2D eigenvalue weighted by molar-refractivity contribution is -0.142. The summed E-state index contributed by atoms with van der Waals surface area (Å²) in [5.41, 5.74) is 5.32. The average molecular weight is 254 g/mol. The lowest BCUT2D eigenvalue weighted by Gasteiger charge is -2.29. The summed E-state index contributed by atoms with van der Waals surface area (Å²) in [4.78, 5) is 23.4. The normalized spacial score (nSPS) is 30.3. The lowest BCUT2D eigenvalue weighted by Crippen LogP contribution is -2.49. The summed E-state index contributed by atoms with van der Waals surface area (Å²) in [6.07, 6.45) is 6.05. The predicted molar refractivity (Wildman–Crippen MR) is 66.9 cm³/mol. The maximum Gasteiger partial charge on any atom is 0.308 e. The fourth-order valence-electron chi connectivity index (χ4n) is 3.33. The van der Waals surface area contributed by atoms with Crippen LogP contribution in [0.25, 0.3) is 0 Å². The molecule has 0 heterocycles. The molecule has 2 unspecified atom stereocenters. The Hall–Kier alpha value is -1.10. The van der Waals surface area contributed by atoms with E-state index in [0.29, 0.717) is 13.0 Å². The van der Waals surface area contributed by atoms with E-state index in [-0.39, 0.29) is 11.9 Å². The van der Waals surface area contributed by atoms with Gasteiger partial charge in [-0.3, -0.25) is 9.59 Å². The van der Waals surface area contributed by atoms with Crippen molar-refractivity contribution in [1.29, 1.82) is 0 Å². The molecular weight excluding hydrogens is 232 g/mol. The van der Waals surface area contributed by atoms with Gasteiger partial charge in [-0.2, -0.15) is 0 Å². The van der Waals surface area contributed by atoms with Crippen molar-refractivity contribution < 1.29 is 14.7 Å². The molecule has 2 atom stereocenters. The van der Waals surface area contributed by atoms with Crippen LogP contribution in [0.3, 0.4) is 0 Å². The molecule has 0 aromatic heterocycles. The molecule has 5 nitrogen and oxygen atoms in total. The molecule has 0 spiro atoms. The number of rotatable bonds is 4. The van der Waals surface area contributed by atoms with Gasteiger partial charge in [0.1, 0.15) is 0 Å². The molecule has 2 fully saturated rings. The maximum absolute atomic E-state index is 12.3. The number of aliphatic carboxylic acids is 1. The molecule has 0 aromatic rings. The Morgan fingerprint density at radius 3 is 2.44 bits per heavy atom. The Morgan fingerprint density at radius 2 is 1.89 bits per heavy atom. The Labute approximate surface area is 107 Å². The molecule has 2 aliphatic carbocycles. The number of hydrogen-bond acceptors (Lipinski definition) is 3. The van der Waals surface area contributed by atoms with Crippen molar-refractivity contribution in [3.63, 3.8) is 0 Å². The molecular formula is C13H22N2O3. The van der Waals surface area contributed by atoms with Gasteiger partial charge in [0.2, 0.25) is 5.91 Å². The SMILES string of the molecule is NCC1(C(=O)NC2CCCC2C(=O)O)CCCC1. The highest BCUT2D eigenvalue weighted by molar-refractivity contribution is 5.84. The van der Waals surface area contributed by atoms with Crippen LogP contribution in [0, 0.1) is 11.3 Å². The van der Waals surface area contributed by atoms with Crippen LogP contribution in [0.2, 0.25) is 0 Å². The van der Waals surface area contributed by atoms with Gasteiger partial charge in [0.25, 0.3) is 0 Å². The van der Waals surface area contributed by atoms with E-state index < -0.39 is 17.3 Å². The summed E-state index contributed by atoms with van der Waals surface area (Å²) < 4.78 is 0. The van der Waals surface area contributed by atoms with Crippen LogP contribution in [-0.2, 0) is 9.59 Å². The van der Waals surface area contributed by atoms with Gasteiger partial charge in [0.15, 0.2) is 0 Å². The molecule has 0 aliphatic heterocycles. The standard InChI is InChI=1S/C13H22N2O3/c14-8-13(6-1-2-7-13)12(18)15-10-5-3-4-9(10)11(16)17/h9-10H,1-8,14H2,(H,15,18)(H,16,17). The largest absolute Gasteiger partial charge is 0.481 e. The summed E-state index contributed by atoms with van der Waals surface area (Å²) >= 11 is 0. The van der Waals surface area contributed by atoms with Crippen LogP contribution >= 0.6 is 0 Å². The van der Waals surface area contributed by atoms with E-state index in [0.717, 1.165) is 38.5 Å². The van der Waals surface area contributed by atoms with Crippen molar-refractivity contribution in [1.82, 2.24) is 5.32 Å². The highest BCUT2D eigenvalue weighted by Gasteiger charge is 2.42. The fourth-order valence-corrected chi connectivity index (χ4v) is 3.33. The van der Waals surface area contributed by atoms with Gasteiger partial charge in [0, 0.05) is 12.6 Å². The smallest absolute Gasteiger partial charge is 0.308 e. The summed E-state index contributed by atoms with van der Waals surface area (Å²) in [5.74, 6) is -1.25. The number of nitrogens with two attached hydrogens (primary N) is 1. The van der Waals surface area contributed by atoms with Crippen LogP contribution in [0.15, 0.2) is 0 Å². The van der Waals surface area contributed by atoms with Crippen LogP contribution in [0.5, 0.6) is 0 Å². The minimum Gasteiger partial charge on any atom is -0.481 e. The van der Waals surface area contributed by atoms with E-state index in [1.54, 1.807) is 0 Å². The number of nitrogens with one attached hydrogen (secondary N) is 1. The first-order valence-electron chi connectivity index (χ1n) is 6.83. The van der Waals surface area contributed by atoms with Crippen molar-refractivity contribution in [3.8, 4) is 0 Å². The number of carbonyl (C=O) groups excluding carboxylic acids is 1. The quantitative estimate of drug-likeness (QED) is 0.694. The molecule has 1 amide bonds. The van der Waals surface area contributed by atoms with Gasteiger partial charge in [-0.15, -0.1) is 0 Å². The molecule has 5 heteroatoms. The second kappa shape index (κ2) is 5.26. The Balaban J connectivity index is 2.00. The van der Waals surface area contributed by atoms with Gasteiger partial charge >= 0.3 is 5.97 Å². The molecule has 2 aliphatic rings. The lowest BCUT2D eigenvalue weighted by atomic mass is 9.84. The second-order valence-corrected chi connectivity index (χ2v) is 5.65. The molecule has 4 N–H and O–H groups in total. The zero-order valence-electron chi connectivity index (χ0n) is 10.7. The molecule has 0 aromatic carbocycles. The minimum absolute atomic E-state index is 0.0272. The molecule has 0 bridgehead atoms. The minimum atomic E-state index is -0.800. The first kappa shape index (κ1) is 13.3. The van der Waals surface area contributed by atoms with E-state index >= 15 is 0 Å². The third-order valence-electron chi connectivity index (χ3n) is 4.58. The average Bonchev–Trinajstić information content (AvgIpc) is 2.97. The Morgan fingerprint density at radius 1 is 1.22 bits per heavy atom. The molecule has 0 radical (unpaired) electrons. The molecule has 0 saturated heterocycles. The second-order valence-electron chi connectivity index (χ2n) is 5.65. The van der Waals surface area contributed by atoms with Crippen molar-refractivity contribution in [2.45, 2.75) is 51.0 Å². The zero-order chi connectivity index (χ0) is 13.2. The van der Waals surface area contributed by atoms with E-state index in [1.165, 1.54) is 0 Å². The number of hydrogen-bond donors (Lipinski definition) is 3. The summed E-state index contributed by atoms with van der Waals surface area (Å²) in [7, 11) is 0. The fraction of sp³-hybridized carbons (Fsp3) is 0.846. The van der Waals surface area contributed by atoms with Crippen molar-refractivity contribution in [2.24, 2.45) is 17.1 Å². The molecule has 18 heavy (non-hydrogen) atoms. The van der Waals surface area contributed by atoms with Gasteiger partial charge in [-0.05, 0) is 25.7 Å². The van der Waals surface area contributed by atoms with E-state index in [9.17, 15) is 9.59 Å². The van der Waals surface area contributed by atoms with E-state index in [4.69, 9.17) is 10.8 Å². The third-order valence-corrected chi connectivity index (χ3v) is 4.58. The summed E-state index contributed by atoms with van der Waals surface area (Å²) in [6.45, 7) is 0.364. The molecule has 2 saturated carbocycles. The maximum atomic E-state index is 12.3. The van der Waals surface area contributed by atoms with Crippen molar-refractivity contribution >= 4 is 11.9 Å². The number of carboxylic acids is 1. The highest BCUT2D eigenvalue weighted by atomic mass is 16.4. The van der Waals surface area contributed by atoms with Gasteiger partial charge < -0.3 is 16.2 Å². The predicted octanol–water partition coefficient (Wildman–Crippen LogP) is 0.875. The highest BCUT2D eigenvalue weighted by Crippen LogP contribution is 2.38. The monoisotopic (exact) mass is 254 g/mol. The van der Waals surface area contributed by atoms with Crippen LogP contribution < -0.4 is 11.1 Å². The Bertz CT molecular complexity index is 337. The van der Waals surface area contributed by atoms with Crippen LogP contribution in [0.1, 0.15) is 44.9 Å². The third kappa shape index (κ3) is 2.36. The topological polar surface area (TPSA) is 92.4 Å². The van der Waals surface area contributed by atoms with Crippen molar-refractivity contribution in [3.05, 3.63) is 0 Å². The van der Waals surface area contributed by atoms with E-state index in [1.807, 2.05) is 0 Å². The van der Waals surface area contributed by atoms with Crippen LogP contribution in [-0.4, -0.2) is 29.6 Å². The van der Waals surface area contributed by atoms with Crippen LogP contribution in [0.4, 0.5) is 0 Å². The first-order valence-corrected chi connectivity index (χ1v) is 6.83. The van der Waals surface area contributed by atoms with Gasteiger partial charge in [0.05, 0.1) is 11.3 Å². The summed E-state index contributed by atoms with van der Waals surface area (Å²) in [5, 5.41) is 12.1. The summed E-state index contributed by atoms with van der Waals surface area (Å²) in [6, 6.07) is -0.209. The zero-order valence-corrected chi connectivity index (χ0v) is 10.7. The van der Waals surface area contributed by atoms with Gasteiger partial charge in [-0.1, -0.05) is 19.3 Å². The van der Waals surface area contributed by atoms with Gasteiger partial charge in [-0.25, -0.2) is 0 Å². The molecule has 2 rings (SSSR count). The molecule has 102 valence electrons. The number of carboxylic acid groups (broad SMARTS) is 1. The van der Waals surface area contributed by atoms with Crippen molar-refractivity contribution in [2.75, 3.05) is 6.54 Å². The number of amides is 1. The first-order chi connectivity index (χ1) is 8.59. The van der Waals surface area contributed by atoms with E-state index in [2.05, 4.69) is 5.32 Å². The number of carbonyl (C=O) groups is 2. The Kier molecular flexibility index (Phi) is 3.90.